The number of carboxylic acids is 1. The van der Waals surface area contributed by atoms with Crippen molar-refractivity contribution < 1.29 is 38.9 Å². The van der Waals surface area contributed by atoms with Crippen LogP contribution in [0.5, 0.6) is 0 Å². The molecule has 4 amide bonds. The number of unbranched alkanes of at least 4 members (excludes halogenated alkanes) is 1. The summed E-state index contributed by atoms with van der Waals surface area (Å²) in [5.41, 5.74) is 2.52. The lowest BCUT2D eigenvalue weighted by Gasteiger charge is -2.41. The molecule has 1 aromatic rings. The van der Waals surface area contributed by atoms with Crippen LogP contribution >= 0.6 is 0 Å². The predicted octanol–water partition coefficient (Wildman–Crippen LogP) is 6.84. The van der Waals surface area contributed by atoms with E-state index in [4.69, 9.17) is 9.47 Å². The van der Waals surface area contributed by atoms with E-state index in [-0.39, 0.29) is 50.5 Å². The first-order chi connectivity index (χ1) is 25.9. The van der Waals surface area contributed by atoms with Gasteiger partial charge < -0.3 is 29.9 Å². The summed E-state index contributed by atoms with van der Waals surface area (Å²) in [4.78, 5) is 57.4. The zero-order chi connectivity index (χ0) is 39.5. The number of hydrazine groups is 1. The number of piperidine rings is 1. The summed E-state index contributed by atoms with van der Waals surface area (Å²) < 4.78 is 10.8. The second-order valence-electron chi connectivity index (χ2n) is 16.0. The van der Waals surface area contributed by atoms with Crippen LogP contribution in [0, 0.1) is 17.8 Å². The molecule has 12 nitrogen and oxygen atoms in total. The maximum Gasteiger partial charge on any atom is 0.318 e. The van der Waals surface area contributed by atoms with Crippen LogP contribution in [0.4, 0.5) is 4.79 Å². The van der Waals surface area contributed by atoms with Gasteiger partial charge in [0.05, 0.1) is 24.7 Å². The summed E-state index contributed by atoms with van der Waals surface area (Å²) in [7, 11) is 1.57. The number of hydrogen-bond donors (Lipinski definition) is 4. The molecular formula is C42H70N4O8. The van der Waals surface area contributed by atoms with Gasteiger partial charge in [-0.05, 0) is 75.2 Å². The Balaban J connectivity index is 1.93. The highest BCUT2D eigenvalue weighted by molar-refractivity contribution is 5.93. The molecule has 1 heterocycles. The number of aliphatic hydroxyl groups is 1. The Bertz CT molecular complexity index is 1270. The van der Waals surface area contributed by atoms with Gasteiger partial charge in [0.1, 0.15) is 12.3 Å². The Morgan fingerprint density at radius 2 is 1.69 bits per heavy atom. The number of aryl methyl sites for hydroxylation is 1. The quantitative estimate of drug-likeness (QED) is 0.0740. The molecule has 1 unspecified atom stereocenters. The van der Waals surface area contributed by atoms with Crippen LogP contribution in [-0.2, 0) is 30.3 Å². The minimum atomic E-state index is -1.40. The molecule has 0 aromatic heterocycles. The van der Waals surface area contributed by atoms with Crippen molar-refractivity contribution in [3.63, 3.8) is 0 Å². The van der Waals surface area contributed by atoms with E-state index in [2.05, 4.69) is 10.7 Å². The van der Waals surface area contributed by atoms with Gasteiger partial charge >= 0.3 is 12.0 Å². The Hall–Kier alpha value is -3.22. The molecule has 4 atom stereocenters. The lowest BCUT2D eigenvalue weighted by molar-refractivity contribution is -0.154. The van der Waals surface area contributed by atoms with Gasteiger partial charge in [0, 0.05) is 26.1 Å². The summed E-state index contributed by atoms with van der Waals surface area (Å²) in [5, 5.41) is 25.5. The van der Waals surface area contributed by atoms with Gasteiger partial charge in [-0.3, -0.25) is 24.8 Å². The fourth-order valence-electron chi connectivity index (χ4n) is 8.00. The number of hydrogen-bond acceptors (Lipinski definition) is 7. The Kier molecular flexibility index (Phi) is 19.8. The van der Waals surface area contributed by atoms with Crippen LogP contribution in [0.15, 0.2) is 30.3 Å². The van der Waals surface area contributed by atoms with E-state index >= 15 is 0 Å². The Morgan fingerprint density at radius 1 is 1.00 bits per heavy atom. The molecule has 1 aliphatic heterocycles. The number of amides is 4. The van der Waals surface area contributed by atoms with Crippen molar-refractivity contribution in [1.82, 2.24) is 20.7 Å². The normalized spacial score (nSPS) is 18.4. The minimum absolute atomic E-state index is 0.0281. The highest BCUT2D eigenvalue weighted by Crippen LogP contribution is 2.31. The number of benzene rings is 1. The second-order valence-corrected chi connectivity index (χ2v) is 16.0. The number of carbonyl (C=O) groups excluding carboxylic acids is 3. The van der Waals surface area contributed by atoms with Gasteiger partial charge in [-0.15, -0.1) is 0 Å². The third-order valence-corrected chi connectivity index (χ3v) is 11.6. The van der Waals surface area contributed by atoms with Crippen molar-refractivity contribution in [3.05, 3.63) is 35.9 Å². The average molecular weight is 759 g/mol. The van der Waals surface area contributed by atoms with E-state index in [1.165, 1.54) is 37.1 Å². The van der Waals surface area contributed by atoms with Crippen molar-refractivity contribution in [2.45, 2.75) is 161 Å². The van der Waals surface area contributed by atoms with Crippen LogP contribution < -0.4 is 10.7 Å². The molecule has 1 aromatic carbocycles. The number of methoxy groups -OCH3 is 1. The van der Waals surface area contributed by atoms with Crippen molar-refractivity contribution in [2.24, 2.45) is 17.8 Å². The molecule has 4 N–H and O–H groups in total. The maximum absolute atomic E-state index is 14.9. The van der Waals surface area contributed by atoms with Gasteiger partial charge in [0.15, 0.2) is 0 Å². The summed E-state index contributed by atoms with van der Waals surface area (Å²) in [6.45, 7) is 8.74. The Labute approximate surface area is 324 Å². The standard InChI is InChI=1S/C42H70N4O8/c1-6-8-24-42(25-21-33-17-13-10-14-18-33,43-41(52)45-26-22-36(23-27-45)54-30-53-5)40(51)44-46(34(7-2)28-38(48)49)39(50)37(31(3)4)29-35(47)20-19-32-15-11-9-12-16-32/h10,13-14,17-18,31-32,34-37,47H,6-9,11-12,15-16,19-30H2,1-5H3,(H,43,52)(H,44,51)(H,48,49)/t34?,35-,37-,42+/m0/s1. The zero-order valence-electron chi connectivity index (χ0n) is 33.7. The molecule has 0 bridgehead atoms. The summed E-state index contributed by atoms with van der Waals surface area (Å²) >= 11 is 0. The largest absolute Gasteiger partial charge is 0.481 e. The molecule has 2 aliphatic rings. The van der Waals surface area contributed by atoms with Crippen LogP contribution in [-0.4, -0.2) is 94.7 Å². The number of rotatable bonds is 22. The number of ether oxygens (including phenoxy) is 2. The first kappa shape index (κ1) is 45.2. The first-order valence-corrected chi connectivity index (χ1v) is 20.7. The van der Waals surface area contributed by atoms with Crippen molar-refractivity contribution in [3.8, 4) is 0 Å². The fraction of sp³-hybridized carbons (Fsp3) is 0.762. The smallest absolute Gasteiger partial charge is 0.318 e. The van der Waals surface area contributed by atoms with Crippen LogP contribution in [0.25, 0.3) is 0 Å². The van der Waals surface area contributed by atoms with Gasteiger partial charge in [0.25, 0.3) is 5.91 Å². The van der Waals surface area contributed by atoms with Crippen LogP contribution in [0.1, 0.15) is 136 Å². The minimum Gasteiger partial charge on any atom is -0.481 e. The molecule has 1 aliphatic carbocycles. The predicted molar refractivity (Wildman–Crippen MR) is 209 cm³/mol. The topological polar surface area (TPSA) is 158 Å². The van der Waals surface area contributed by atoms with E-state index in [0.29, 0.717) is 57.5 Å². The van der Waals surface area contributed by atoms with Gasteiger partial charge in [-0.1, -0.05) is 103 Å². The van der Waals surface area contributed by atoms with E-state index in [0.717, 1.165) is 18.4 Å². The molecule has 0 radical (unpaired) electrons. The third kappa shape index (κ3) is 14.5. The van der Waals surface area contributed by atoms with E-state index in [9.17, 15) is 29.4 Å². The number of aliphatic hydroxyl groups excluding tert-OH is 1. The summed E-state index contributed by atoms with van der Waals surface area (Å²) in [5.74, 6) is -2.29. The molecule has 3 rings (SSSR count). The van der Waals surface area contributed by atoms with Crippen molar-refractivity contribution in [2.75, 3.05) is 27.0 Å². The number of nitrogens with one attached hydrogen (secondary N) is 2. The van der Waals surface area contributed by atoms with Gasteiger partial charge in [-0.25, -0.2) is 4.79 Å². The van der Waals surface area contributed by atoms with E-state index < -0.39 is 41.4 Å². The first-order valence-electron chi connectivity index (χ1n) is 20.7. The molecule has 2 fully saturated rings. The number of urea groups is 1. The molecule has 12 heteroatoms. The van der Waals surface area contributed by atoms with Crippen LogP contribution in [0.3, 0.4) is 0 Å². The highest BCUT2D eigenvalue weighted by Gasteiger charge is 2.44. The van der Waals surface area contributed by atoms with Crippen LogP contribution in [0.2, 0.25) is 0 Å². The highest BCUT2D eigenvalue weighted by atomic mass is 16.7. The second kappa shape index (κ2) is 23.6. The molecule has 1 saturated carbocycles. The molecule has 1 saturated heterocycles. The number of nitrogens with zero attached hydrogens (tertiary/aromatic N) is 2. The lowest BCUT2D eigenvalue weighted by atomic mass is 9.83. The number of carbonyl (C=O) groups is 4. The van der Waals surface area contributed by atoms with Crippen molar-refractivity contribution in [1.29, 1.82) is 0 Å². The average Bonchev–Trinajstić information content (AvgIpc) is 3.18. The number of likely N-dealkylation sites (tertiary alicyclic amines) is 1. The SMILES string of the molecule is CCCC[C@](CCc1ccccc1)(NC(=O)N1CCC(OCOC)CC1)C(=O)NN(C(=O)[C@@H](C[C@@H](O)CCC1CCCCC1)C(C)C)C(CC)CC(=O)O. The number of aliphatic carboxylic acids is 1. The summed E-state index contributed by atoms with van der Waals surface area (Å²) in [6.07, 6.45) is 10.7. The van der Waals surface area contributed by atoms with Crippen molar-refractivity contribution >= 4 is 23.8 Å². The zero-order valence-corrected chi connectivity index (χ0v) is 33.7. The summed E-state index contributed by atoms with van der Waals surface area (Å²) in [6, 6.07) is 8.57. The lowest BCUT2D eigenvalue weighted by Crippen LogP contribution is -2.66. The van der Waals surface area contributed by atoms with E-state index in [1.54, 1.807) is 18.9 Å². The number of carboxylic acid groups (broad SMARTS) is 1. The van der Waals surface area contributed by atoms with Gasteiger partial charge in [0.2, 0.25) is 5.91 Å². The maximum atomic E-state index is 14.9. The molecule has 0 spiro atoms. The fourth-order valence-corrected chi connectivity index (χ4v) is 8.00. The third-order valence-electron chi connectivity index (χ3n) is 11.6. The van der Waals surface area contributed by atoms with Gasteiger partial charge in [-0.2, -0.15) is 0 Å². The Morgan fingerprint density at radius 3 is 2.28 bits per heavy atom. The monoisotopic (exact) mass is 759 g/mol. The molecule has 306 valence electrons. The van der Waals surface area contributed by atoms with E-state index in [1.807, 2.05) is 51.1 Å². The molecular weight excluding hydrogens is 688 g/mol. The molecule has 54 heavy (non-hydrogen) atoms.